The molecule has 0 spiro atoms. The van der Waals surface area contributed by atoms with Crippen molar-refractivity contribution in [3.05, 3.63) is 0 Å². The highest BCUT2D eigenvalue weighted by atomic mass is 16.6. The molecule has 0 unspecified atom stereocenters. The summed E-state index contributed by atoms with van der Waals surface area (Å²) >= 11 is 0. The number of carbonyl (C=O) groups is 2. The van der Waals surface area contributed by atoms with Gasteiger partial charge >= 0.3 is 11.9 Å². The summed E-state index contributed by atoms with van der Waals surface area (Å²) < 4.78 is 6.08. The summed E-state index contributed by atoms with van der Waals surface area (Å²) in [6.07, 6.45) is 12.4. The van der Waals surface area contributed by atoms with Crippen LogP contribution < -0.4 is 0 Å². The topological polar surface area (TPSA) is 63.6 Å². The summed E-state index contributed by atoms with van der Waals surface area (Å²) in [5.41, 5.74) is -1.79. The fourth-order valence-electron chi connectivity index (χ4n) is 4.27. The van der Waals surface area contributed by atoms with E-state index in [4.69, 9.17) is 4.74 Å². The van der Waals surface area contributed by atoms with Crippen LogP contribution in [0.5, 0.6) is 0 Å². The molecule has 1 rings (SSSR count). The van der Waals surface area contributed by atoms with Crippen molar-refractivity contribution in [2.45, 2.75) is 116 Å². The van der Waals surface area contributed by atoms with E-state index < -0.39 is 23.0 Å². The van der Waals surface area contributed by atoms with E-state index >= 15 is 0 Å². The lowest BCUT2D eigenvalue weighted by molar-refractivity contribution is -0.185. The lowest BCUT2D eigenvalue weighted by Gasteiger charge is -2.38. The third-order valence-corrected chi connectivity index (χ3v) is 5.71. The molecule has 0 amide bonds. The minimum atomic E-state index is -1.31. The number of carboxylic acid groups (broad SMARTS) is 1. The molecule has 1 aliphatic carbocycles. The predicted octanol–water partition coefficient (Wildman–Crippen LogP) is 5.87. The second-order valence-electron chi connectivity index (χ2n) is 7.83. The van der Waals surface area contributed by atoms with Gasteiger partial charge in [0.1, 0.15) is 5.60 Å². The van der Waals surface area contributed by atoms with Gasteiger partial charge in [0, 0.05) is 0 Å². The van der Waals surface area contributed by atoms with Gasteiger partial charge in [0.25, 0.3) is 0 Å². The second kappa shape index (κ2) is 10.8. The summed E-state index contributed by atoms with van der Waals surface area (Å²) in [4.78, 5) is 24.9. The Morgan fingerprint density at radius 3 is 1.96 bits per heavy atom. The van der Waals surface area contributed by atoms with Crippen molar-refractivity contribution in [2.75, 3.05) is 0 Å². The molecule has 0 aromatic carbocycles. The highest BCUT2D eigenvalue weighted by molar-refractivity contribution is 5.99. The lowest BCUT2D eigenvalue weighted by Crippen LogP contribution is -2.47. The van der Waals surface area contributed by atoms with Gasteiger partial charge < -0.3 is 9.84 Å². The van der Waals surface area contributed by atoms with Crippen LogP contribution in [0, 0.1) is 5.41 Å². The van der Waals surface area contributed by atoms with Gasteiger partial charge in [0.2, 0.25) is 0 Å². The molecule has 0 atom stereocenters. The third-order valence-electron chi connectivity index (χ3n) is 5.71. The van der Waals surface area contributed by atoms with Gasteiger partial charge in [-0.2, -0.15) is 0 Å². The van der Waals surface area contributed by atoms with Gasteiger partial charge in [0.05, 0.1) is 0 Å². The van der Waals surface area contributed by atoms with Crippen molar-refractivity contribution in [3.63, 3.8) is 0 Å². The van der Waals surface area contributed by atoms with E-state index in [2.05, 4.69) is 20.8 Å². The molecular formula is C21H38O4. The first-order chi connectivity index (χ1) is 12.0. The predicted molar refractivity (Wildman–Crippen MR) is 101 cm³/mol. The third kappa shape index (κ3) is 6.00. The molecule has 0 aliphatic heterocycles. The van der Waals surface area contributed by atoms with Crippen molar-refractivity contribution in [1.82, 2.24) is 0 Å². The minimum absolute atomic E-state index is 0.422. The van der Waals surface area contributed by atoms with Crippen LogP contribution in [0.3, 0.4) is 0 Å². The molecule has 0 aromatic heterocycles. The minimum Gasteiger partial charge on any atom is -0.480 e. The van der Waals surface area contributed by atoms with E-state index in [0.717, 1.165) is 64.2 Å². The van der Waals surface area contributed by atoms with Crippen molar-refractivity contribution < 1.29 is 19.4 Å². The van der Waals surface area contributed by atoms with E-state index in [0.29, 0.717) is 12.8 Å². The molecule has 4 heteroatoms. The van der Waals surface area contributed by atoms with Crippen molar-refractivity contribution in [2.24, 2.45) is 5.41 Å². The fraction of sp³-hybridized carbons (Fsp3) is 0.905. The molecule has 0 heterocycles. The molecule has 25 heavy (non-hydrogen) atoms. The number of carbonyl (C=O) groups excluding carboxylic acids is 1. The standard InChI is InChI=1S/C21H38O4/c1-4-7-8-10-15-20(13-5-2,14-6-3)25-19(24)21(18(22)23)16-11-9-12-17-21/h4-17H2,1-3H3,(H,22,23). The van der Waals surface area contributed by atoms with E-state index in [1.165, 1.54) is 12.8 Å². The van der Waals surface area contributed by atoms with Crippen molar-refractivity contribution >= 4 is 11.9 Å². The van der Waals surface area contributed by atoms with Crippen LogP contribution in [0.25, 0.3) is 0 Å². The zero-order chi connectivity index (χ0) is 18.8. The number of ether oxygens (including phenoxy) is 1. The Kier molecular flexibility index (Phi) is 9.52. The maximum atomic E-state index is 13.0. The largest absolute Gasteiger partial charge is 0.480 e. The fourth-order valence-corrected chi connectivity index (χ4v) is 4.27. The highest BCUT2D eigenvalue weighted by Gasteiger charge is 2.50. The molecule has 4 nitrogen and oxygen atoms in total. The van der Waals surface area contributed by atoms with Crippen molar-refractivity contribution in [3.8, 4) is 0 Å². The molecule has 0 saturated heterocycles. The smallest absolute Gasteiger partial charge is 0.324 e. The average molecular weight is 355 g/mol. The van der Waals surface area contributed by atoms with Crippen LogP contribution in [-0.4, -0.2) is 22.6 Å². The summed E-state index contributed by atoms with van der Waals surface area (Å²) in [7, 11) is 0. The number of rotatable bonds is 12. The first-order valence-electron chi connectivity index (χ1n) is 10.4. The van der Waals surface area contributed by atoms with Crippen LogP contribution in [-0.2, 0) is 14.3 Å². The van der Waals surface area contributed by atoms with Crippen LogP contribution in [0.4, 0.5) is 0 Å². The van der Waals surface area contributed by atoms with E-state index in [-0.39, 0.29) is 0 Å². The van der Waals surface area contributed by atoms with Crippen LogP contribution in [0.15, 0.2) is 0 Å². The molecule has 146 valence electrons. The molecule has 0 aromatic rings. The maximum absolute atomic E-state index is 13.0. The molecule has 1 saturated carbocycles. The summed E-state index contributed by atoms with van der Waals surface area (Å²) in [5.74, 6) is -1.47. The Hall–Kier alpha value is -1.06. The van der Waals surface area contributed by atoms with Gasteiger partial charge in [-0.3, -0.25) is 9.59 Å². The normalized spacial score (nSPS) is 17.2. The molecule has 1 fully saturated rings. The molecule has 1 N–H and O–H groups in total. The monoisotopic (exact) mass is 354 g/mol. The Morgan fingerprint density at radius 2 is 1.48 bits per heavy atom. The maximum Gasteiger partial charge on any atom is 0.324 e. The first-order valence-corrected chi connectivity index (χ1v) is 10.4. The van der Waals surface area contributed by atoms with Gasteiger partial charge in [-0.1, -0.05) is 72.1 Å². The Labute approximate surface area is 153 Å². The number of aliphatic carboxylic acids is 1. The number of hydrogen-bond acceptors (Lipinski definition) is 3. The van der Waals surface area contributed by atoms with Gasteiger partial charge in [-0.05, 0) is 38.5 Å². The highest BCUT2D eigenvalue weighted by Crippen LogP contribution is 2.41. The quantitative estimate of drug-likeness (QED) is 0.270. The number of esters is 1. The Morgan fingerprint density at radius 1 is 0.880 bits per heavy atom. The Bertz CT molecular complexity index is 404. The van der Waals surface area contributed by atoms with Crippen LogP contribution in [0.1, 0.15) is 111 Å². The molecule has 0 radical (unpaired) electrons. The van der Waals surface area contributed by atoms with E-state index in [1.54, 1.807) is 0 Å². The Balaban J connectivity index is 2.92. The lowest BCUT2D eigenvalue weighted by atomic mass is 9.73. The number of carboxylic acids is 1. The zero-order valence-corrected chi connectivity index (χ0v) is 16.6. The molecule has 0 bridgehead atoms. The first kappa shape index (κ1) is 22.0. The zero-order valence-electron chi connectivity index (χ0n) is 16.6. The van der Waals surface area contributed by atoms with Crippen LogP contribution in [0.2, 0.25) is 0 Å². The number of hydrogen-bond donors (Lipinski definition) is 1. The van der Waals surface area contributed by atoms with Crippen LogP contribution >= 0.6 is 0 Å². The SMILES string of the molecule is CCCCCCC(CCC)(CCC)OC(=O)C1(C(=O)O)CCCCC1. The number of unbranched alkanes of at least 4 members (excludes halogenated alkanes) is 3. The van der Waals surface area contributed by atoms with Gasteiger partial charge in [0.15, 0.2) is 5.41 Å². The van der Waals surface area contributed by atoms with E-state index in [1.807, 2.05) is 0 Å². The van der Waals surface area contributed by atoms with Gasteiger partial charge in [-0.15, -0.1) is 0 Å². The summed E-state index contributed by atoms with van der Waals surface area (Å²) in [5, 5.41) is 9.76. The summed E-state index contributed by atoms with van der Waals surface area (Å²) in [6.45, 7) is 6.40. The van der Waals surface area contributed by atoms with Crippen molar-refractivity contribution in [1.29, 1.82) is 0 Å². The molecular weight excluding hydrogens is 316 g/mol. The molecule has 1 aliphatic rings. The van der Waals surface area contributed by atoms with Gasteiger partial charge in [-0.25, -0.2) is 0 Å². The average Bonchev–Trinajstić information content (AvgIpc) is 2.59. The summed E-state index contributed by atoms with van der Waals surface area (Å²) in [6, 6.07) is 0. The van der Waals surface area contributed by atoms with E-state index in [9.17, 15) is 14.7 Å². The second-order valence-corrected chi connectivity index (χ2v) is 7.83.